The summed E-state index contributed by atoms with van der Waals surface area (Å²) in [6.07, 6.45) is 0. The third-order valence-electron chi connectivity index (χ3n) is 3.01. The van der Waals surface area contributed by atoms with Crippen LogP contribution < -0.4 is 10.6 Å². The first-order valence-corrected chi connectivity index (χ1v) is 6.95. The van der Waals surface area contributed by atoms with E-state index in [2.05, 4.69) is 35.1 Å². The number of thiazole rings is 1. The van der Waals surface area contributed by atoms with Gasteiger partial charge in [0.25, 0.3) is 0 Å². The summed E-state index contributed by atoms with van der Waals surface area (Å²) < 4.78 is 1.22. The average molecular weight is 269 g/mol. The number of hydrogen-bond acceptors (Lipinski definition) is 4. The largest absolute Gasteiger partial charge is 0.399 e. The molecule has 2 N–H and O–H groups in total. The molecule has 0 aliphatic rings. The Morgan fingerprint density at radius 1 is 1.11 bits per heavy atom. The van der Waals surface area contributed by atoms with Gasteiger partial charge in [0.2, 0.25) is 0 Å². The van der Waals surface area contributed by atoms with Gasteiger partial charge in [-0.2, -0.15) is 0 Å². The van der Waals surface area contributed by atoms with E-state index < -0.39 is 0 Å². The summed E-state index contributed by atoms with van der Waals surface area (Å²) >= 11 is 1.72. The summed E-state index contributed by atoms with van der Waals surface area (Å²) in [5, 5.41) is 1.04. The van der Waals surface area contributed by atoms with Crippen LogP contribution in [0.15, 0.2) is 48.5 Å². The minimum atomic E-state index is 0.798. The van der Waals surface area contributed by atoms with Gasteiger partial charge in [0.05, 0.1) is 10.2 Å². The molecule has 3 nitrogen and oxygen atoms in total. The third kappa shape index (κ3) is 2.53. The molecule has 0 unspecified atom stereocenters. The molecule has 0 aliphatic heterocycles. The Hall–Kier alpha value is -2.07. The number of nitrogens with two attached hydrogens (primary N) is 1. The SMILES string of the molecule is CN(Cc1ccc(N)cc1)c1nc2ccccc2s1. The van der Waals surface area contributed by atoms with Crippen LogP contribution in [0.4, 0.5) is 10.8 Å². The van der Waals surface area contributed by atoms with Crippen LogP contribution >= 0.6 is 11.3 Å². The first kappa shape index (κ1) is 12.0. The number of benzene rings is 2. The lowest BCUT2D eigenvalue weighted by molar-refractivity contribution is 0.917. The number of anilines is 2. The maximum atomic E-state index is 5.70. The molecule has 96 valence electrons. The van der Waals surface area contributed by atoms with Crippen LogP contribution in [0.1, 0.15) is 5.56 Å². The van der Waals surface area contributed by atoms with Crippen LogP contribution in [0.2, 0.25) is 0 Å². The van der Waals surface area contributed by atoms with Crippen molar-refractivity contribution in [1.82, 2.24) is 4.98 Å². The van der Waals surface area contributed by atoms with Gasteiger partial charge in [0.1, 0.15) is 0 Å². The molecule has 1 heterocycles. The summed E-state index contributed by atoms with van der Waals surface area (Å²) in [5.41, 5.74) is 8.79. The molecular weight excluding hydrogens is 254 g/mol. The van der Waals surface area contributed by atoms with Crippen LogP contribution in [0.25, 0.3) is 10.2 Å². The normalized spacial score (nSPS) is 10.8. The average Bonchev–Trinajstić information content (AvgIpc) is 2.85. The quantitative estimate of drug-likeness (QED) is 0.740. The maximum Gasteiger partial charge on any atom is 0.186 e. The van der Waals surface area contributed by atoms with E-state index in [0.717, 1.165) is 22.9 Å². The summed E-state index contributed by atoms with van der Waals surface area (Å²) in [5.74, 6) is 0. The summed E-state index contributed by atoms with van der Waals surface area (Å²) in [6, 6.07) is 16.2. The van der Waals surface area contributed by atoms with Gasteiger partial charge in [0.15, 0.2) is 5.13 Å². The van der Waals surface area contributed by atoms with E-state index in [1.165, 1.54) is 10.3 Å². The van der Waals surface area contributed by atoms with Crippen molar-refractivity contribution in [3.05, 3.63) is 54.1 Å². The summed E-state index contributed by atoms with van der Waals surface area (Å²) in [6.45, 7) is 0.833. The van der Waals surface area contributed by atoms with E-state index >= 15 is 0 Å². The molecule has 19 heavy (non-hydrogen) atoms. The Kier molecular flexibility index (Phi) is 3.09. The molecule has 0 spiro atoms. The molecular formula is C15H15N3S. The van der Waals surface area contributed by atoms with E-state index in [4.69, 9.17) is 5.73 Å². The molecule has 0 saturated carbocycles. The van der Waals surface area contributed by atoms with E-state index in [1.54, 1.807) is 11.3 Å². The van der Waals surface area contributed by atoms with E-state index in [9.17, 15) is 0 Å². The summed E-state index contributed by atoms with van der Waals surface area (Å²) in [4.78, 5) is 6.81. The zero-order valence-corrected chi connectivity index (χ0v) is 11.5. The number of rotatable bonds is 3. The number of fused-ring (bicyclic) bond motifs is 1. The van der Waals surface area contributed by atoms with Crippen LogP contribution in [-0.4, -0.2) is 12.0 Å². The lowest BCUT2D eigenvalue weighted by Crippen LogP contribution is -2.15. The van der Waals surface area contributed by atoms with Crippen molar-refractivity contribution >= 4 is 32.4 Å². The van der Waals surface area contributed by atoms with Crippen molar-refractivity contribution in [3.8, 4) is 0 Å². The standard InChI is InChI=1S/C15H15N3S/c1-18(10-11-6-8-12(16)9-7-11)15-17-13-4-2-3-5-14(13)19-15/h2-9H,10,16H2,1H3. The van der Waals surface area contributed by atoms with Gasteiger partial charge in [-0.1, -0.05) is 35.6 Å². The zero-order chi connectivity index (χ0) is 13.2. The maximum absolute atomic E-state index is 5.70. The fourth-order valence-electron chi connectivity index (χ4n) is 1.99. The van der Waals surface area contributed by atoms with Crippen molar-refractivity contribution in [1.29, 1.82) is 0 Å². The predicted molar refractivity (Wildman–Crippen MR) is 82.6 cm³/mol. The molecule has 2 aromatic carbocycles. The van der Waals surface area contributed by atoms with Crippen molar-refractivity contribution < 1.29 is 0 Å². The molecule has 0 amide bonds. The Bertz CT molecular complexity index is 655. The highest BCUT2D eigenvalue weighted by Crippen LogP contribution is 2.28. The lowest BCUT2D eigenvalue weighted by atomic mass is 10.2. The first-order chi connectivity index (χ1) is 9.22. The minimum Gasteiger partial charge on any atom is -0.399 e. The van der Waals surface area contributed by atoms with Crippen LogP contribution in [-0.2, 0) is 6.54 Å². The Morgan fingerprint density at radius 2 is 1.84 bits per heavy atom. The number of nitrogen functional groups attached to an aromatic ring is 1. The molecule has 0 saturated heterocycles. The lowest BCUT2D eigenvalue weighted by Gasteiger charge is -2.15. The minimum absolute atomic E-state index is 0.798. The molecule has 1 aromatic heterocycles. The number of aromatic nitrogens is 1. The highest BCUT2D eigenvalue weighted by Gasteiger charge is 2.08. The summed E-state index contributed by atoms with van der Waals surface area (Å²) in [7, 11) is 2.06. The molecule has 3 rings (SSSR count). The van der Waals surface area contributed by atoms with Crippen LogP contribution in [0.3, 0.4) is 0 Å². The third-order valence-corrected chi connectivity index (χ3v) is 4.16. The molecule has 0 fully saturated rings. The second-order valence-electron chi connectivity index (χ2n) is 4.56. The molecule has 0 radical (unpaired) electrons. The van der Waals surface area contributed by atoms with Gasteiger partial charge < -0.3 is 10.6 Å². The van der Waals surface area contributed by atoms with Gasteiger partial charge in [-0.3, -0.25) is 0 Å². The fraction of sp³-hybridized carbons (Fsp3) is 0.133. The van der Waals surface area contributed by atoms with Gasteiger partial charge in [0, 0.05) is 19.3 Å². The monoisotopic (exact) mass is 269 g/mol. The van der Waals surface area contributed by atoms with Crippen molar-refractivity contribution in [2.24, 2.45) is 0 Å². The van der Waals surface area contributed by atoms with Gasteiger partial charge in [-0.25, -0.2) is 4.98 Å². The van der Waals surface area contributed by atoms with Crippen LogP contribution in [0.5, 0.6) is 0 Å². The smallest absolute Gasteiger partial charge is 0.186 e. The van der Waals surface area contributed by atoms with Crippen molar-refractivity contribution in [3.63, 3.8) is 0 Å². The Morgan fingerprint density at radius 3 is 2.58 bits per heavy atom. The molecule has 0 atom stereocenters. The highest BCUT2D eigenvalue weighted by molar-refractivity contribution is 7.22. The van der Waals surface area contributed by atoms with Crippen molar-refractivity contribution in [2.45, 2.75) is 6.54 Å². The first-order valence-electron chi connectivity index (χ1n) is 6.13. The van der Waals surface area contributed by atoms with E-state index in [1.807, 2.05) is 30.3 Å². The Labute approximate surface area is 116 Å². The highest BCUT2D eigenvalue weighted by atomic mass is 32.1. The molecule has 4 heteroatoms. The second-order valence-corrected chi connectivity index (χ2v) is 5.57. The Balaban J connectivity index is 1.83. The van der Waals surface area contributed by atoms with Gasteiger partial charge in [-0.15, -0.1) is 0 Å². The second kappa shape index (κ2) is 4.90. The molecule has 0 aliphatic carbocycles. The zero-order valence-electron chi connectivity index (χ0n) is 10.7. The predicted octanol–water partition coefficient (Wildman–Crippen LogP) is 3.51. The molecule has 3 aromatic rings. The number of hydrogen-bond donors (Lipinski definition) is 1. The van der Waals surface area contributed by atoms with Gasteiger partial charge >= 0.3 is 0 Å². The number of para-hydroxylation sites is 1. The van der Waals surface area contributed by atoms with Crippen molar-refractivity contribution in [2.75, 3.05) is 17.7 Å². The van der Waals surface area contributed by atoms with E-state index in [-0.39, 0.29) is 0 Å². The van der Waals surface area contributed by atoms with Gasteiger partial charge in [-0.05, 0) is 29.8 Å². The van der Waals surface area contributed by atoms with E-state index in [0.29, 0.717) is 0 Å². The fourth-order valence-corrected chi connectivity index (χ4v) is 2.91. The van der Waals surface area contributed by atoms with Crippen LogP contribution in [0, 0.1) is 0 Å². The topological polar surface area (TPSA) is 42.1 Å². The molecule has 0 bridgehead atoms. The number of nitrogens with zero attached hydrogens (tertiary/aromatic N) is 2.